The number of aromatic nitrogens is 1. The second-order valence-electron chi connectivity index (χ2n) is 6.55. The molecule has 2 unspecified atom stereocenters. The largest absolute Gasteiger partial charge is 0.338 e. The first-order chi connectivity index (χ1) is 11.3. The molecule has 2 fully saturated rings. The normalized spacial score (nSPS) is 24.4. The predicted octanol–water partition coefficient (Wildman–Crippen LogP) is 1.82. The summed E-state index contributed by atoms with van der Waals surface area (Å²) in [5, 5.41) is 3.33. The van der Waals surface area contributed by atoms with Crippen LogP contribution in [0.15, 0.2) is 24.5 Å². The zero-order valence-corrected chi connectivity index (χ0v) is 14.1. The number of rotatable bonds is 4. The summed E-state index contributed by atoms with van der Waals surface area (Å²) in [4.78, 5) is 21.9. The van der Waals surface area contributed by atoms with Crippen molar-refractivity contribution >= 4 is 5.91 Å². The molecule has 2 saturated heterocycles. The van der Waals surface area contributed by atoms with Gasteiger partial charge in [-0.1, -0.05) is 13.3 Å². The Bertz CT molecular complexity index is 501. The fourth-order valence-electron chi connectivity index (χ4n) is 3.88. The van der Waals surface area contributed by atoms with Crippen molar-refractivity contribution in [2.45, 2.75) is 44.7 Å². The second kappa shape index (κ2) is 7.88. The molecule has 5 heteroatoms. The van der Waals surface area contributed by atoms with Gasteiger partial charge in [0.1, 0.15) is 6.04 Å². The van der Waals surface area contributed by atoms with E-state index in [0.29, 0.717) is 6.04 Å². The summed E-state index contributed by atoms with van der Waals surface area (Å²) in [6.07, 6.45) is 8.38. The van der Waals surface area contributed by atoms with E-state index in [2.05, 4.69) is 22.1 Å². The Balaban J connectivity index is 1.88. The minimum atomic E-state index is -0.152. The van der Waals surface area contributed by atoms with Crippen LogP contribution in [0.5, 0.6) is 0 Å². The van der Waals surface area contributed by atoms with Crippen LogP contribution >= 0.6 is 0 Å². The lowest BCUT2D eigenvalue weighted by Gasteiger charge is -2.42. The number of piperazine rings is 1. The molecule has 1 aromatic rings. The predicted molar refractivity (Wildman–Crippen MR) is 91.1 cm³/mol. The van der Waals surface area contributed by atoms with Crippen molar-refractivity contribution in [1.29, 1.82) is 0 Å². The van der Waals surface area contributed by atoms with Crippen LogP contribution in [-0.4, -0.2) is 59.5 Å². The standard InChI is InChI=1S/C18H28N4O/c1-2-16-5-3-4-12-22(16)17(15-6-8-19-9-7-15)18(23)21-13-10-20-11-14-21/h6-9,16-17,20H,2-5,10-14H2,1H3. The van der Waals surface area contributed by atoms with Gasteiger partial charge in [-0.25, -0.2) is 0 Å². The number of nitrogens with one attached hydrogen (secondary N) is 1. The average molecular weight is 316 g/mol. The first-order valence-electron chi connectivity index (χ1n) is 8.96. The highest BCUT2D eigenvalue weighted by Gasteiger charge is 2.36. The van der Waals surface area contributed by atoms with Gasteiger partial charge in [0.15, 0.2) is 0 Å². The quantitative estimate of drug-likeness (QED) is 0.920. The van der Waals surface area contributed by atoms with Gasteiger partial charge in [0, 0.05) is 44.6 Å². The molecule has 2 aliphatic rings. The van der Waals surface area contributed by atoms with Crippen molar-refractivity contribution in [2.75, 3.05) is 32.7 Å². The van der Waals surface area contributed by atoms with E-state index in [1.54, 1.807) is 12.4 Å². The molecule has 2 atom stereocenters. The van der Waals surface area contributed by atoms with Gasteiger partial charge in [-0.05, 0) is 43.5 Å². The van der Waals surface area contributed by atoms with Crippen LogP contribution in [0.3, 0.4) is 0 Å². The van der Waals surface area contributed by atoms with E-state index < -0.39 is 0 Å². The summed E-state index contributed by atoms with van der Waals surface area (Å²) in [5.74, 6) is 0.262. The molecular weight excluding hydrogens is 288 g/mol. The maximum absolute atomic E-state index is 13.3. The van der Waals surface area contributed by atoms with Crippen molar-refractivity contribution < 1.29 is 4.79 Å². The monoisotopic (exact) mass is 316 g/mol. The van der Waals surface area contributed by atoms with Gasteiger partial charge in [0.05, 0.1) is 0 Å². The summed E-state index contributed by atoms with van der Waals surface area (Å²) < 4.78 is 0. The summed E-state index contributed by atoms with van der Waals surface area (Å²) in [7, 11) is 0. The Kier molecular flexibility index (Phi) is 5.62. The summed E-state index contributed by atoms with van der Waals surface area (Å²) in [5.41, 5.74) is 1.09. The molecule has 2 aliphatic heterocycles. The third kappa shape index (κ3) is 3.72. The number of nitrogens with zero attached hydrogens (tertiary/aromatic N) is 3. The number of hydrogen-bond donors (Lipinski definition) is 1. The van der Waals surface area contributed by atoms with Crippen molar-refractivity contribution in [3.05, 3.63) is 30.1 Å². The topological polar surface area (TPSA) is 48.5 Å². The summed E-state index contributed by atoms with van der Waals surface area (Å²) >= 11 is 0. The molecule has 1 aromatic heterocycles. The number of likely N-dealkylation sites (tertiary alicyclic amines) is 1. The molecule has 126 valence electrons. The van der Waals surface area contributed by atoms with Crippen LogP contribution in [0, 0.1) is 0 Å². The molecule has 5 nitrogen and oxygen atoms in total. The van der Waals surface area contributed by atoms with Crippen LogP contribution in [0.1, 0.15) is 44.2 Å². The molecule has 23 heavy (non-hydrogen) atoms. The summed E-state index contributed by atoms with van der Waals surface area (Å²) in [6.45, 7) is 6.67. The number of carbonyl (C=O) groups excluding carboxylic acids is 1. The van der Waals surface area contributed by atoms with Crippen LogP contribution in [0.4, 0.5) is 0 Å². The first-order valence-corrected chi connectivity index (χ1v) is 8.96. The highest BCUT2D eigenvalue weighted by molar-refractivity contribution is 5.83. The third-order valence-electron chi connectivity index (χ3n) is 5.16. The lowest BCUT2D eigenvalue weighted by molar-refractivity contribution is -0.139. The minimum absolute atomic E-state index is 0.152. The van der Waals surface area contributed by atoms with Crippen LogP contribution in [0.2, 0.25) is 0 Å². The maximum atomic E-state index is 13.3. The Hall–Kier alpha value is -1.46. The van der Waals surface area contributed by atoms with Crippen LogP contribution < -0.4 is 5.32 Å². The molecule has 0 saturated carbocycles. The van der Waals surface area contributed by atoms with Crippen LogP contribution in [0.25, 0.3) is 0 Å². The number of piperidine rings is 1. The zero-order chi connectivity index (χ0) is 16.1. The minimum Gasteiger partial charge on any atom is -0.338 e. The first kappa shape index (κ1) is 16.4. The van der Waals surface area contributed by atoms with E-state index in [1.165, 1.54) is 19.3 Å². The van der Waals surface area contributed by atoms with Crippen molar-refractivity contribution in [1.82, 2.24) is 20.1 Å². The van der Waals surface area contributed by atoms with Crippen LogP contribution in [-0.2, 0) is 4.79 Å². The highest BCUT2D eigenvalue weighted by Crippen LogP contribution is 2.31. The molecule has 1 amide bonds. The van der Waals surface area contributed by atoms with Gasteiger partial charge >= 0.3 is 0 Å². The average Bonchev–Trinajstić information content (AvgIpc) is 2.64. The molecule has 3 heterocycles. The molecule has 0 aliphatic carbocycles. The van der Waals surface area contributed by atoms with Gasteiger partial charge in [0.2, 0.25) is 5.91 Å². The number of hydrogen-bond acceptors (Lipinski definition) is 4. The molecular formula is C18H28N4O. The lowest BCUT2D eigenvalue weighted by Crippen LogP contribution is -2.53. The molecule has 0 aromatic carbocycles. The molecule has 0 radical (unpaired) electrons. The van der Waals surface area contributed by atoms with Crippen molar-refractivity contribution in [2.24, 2.45) is 0 Å². The zero-order valence-electron chi connectivity index (χ0n) is 14.1. The highest BCUT2D eigenvalue weighted by atomic mass is 16.2. The summed E-state index contributed by atoms with van der Waals surface area (Å²) in [6, 6.07) is 4.37. The van der Waals surface area contributed by atoms with E-state index >= 15 is 0 Å². The fraction of sp³-hybridized carbons (Fsp3) is 0.667. The van der Waals surface area contributed by atoms with E-state index in [0.717, 1.165) is 44.7 Å². The fourth-order valence-corrected chi connectivity index (χ4v) is 3.88. The smallest absolute Gasteiger partial charge is 0.244 e. The van der Waals surface area contributed by atoms with E-state index in [1.807, 2.05) is 17.0 Å². The SMILES string of the molecule is CCC1CCCCN1C(C(=O)N1CCNCC1)c1ccncc1. The van der Waals surface area contributed by atoms with E-state index in [4.69, 9.17) is 0 Å². The van der Waals surface area contributed by atoms with E-state index in [9.17, 15) is 4.79 Å². The second-order valence-corrected chi connectivity index (χ2v) is 6.55. The Labute approximate surface area is 139 Å². The van der Waals surface area contributed by atoms with Gasteiger partial charge in [-0.3, -0.25) is 14.7 Å². The lowest BCUT2D eigenvalue weighted by atomic mass is 9.94. The number of pyridine rings is 1. The van der Waals surface area contributed by atoms with Gasteiger partial charge in [0.25, 0.3) is 0 Å². The van der Waals surface area contributed by atoms with Crippen molar-refractivity contribution in [3.8, 4) is 0 Å². The molecule has 0 bridgehead atoms. The Morgan fingerprint density at radius 3 is 2.70 bits per heavy atom. The van der Waals surface area contributed by atoms with E-state index in [-0.39, 0.29) is 11.9 Å². The van der Waals surface area contributed by atoms with Gasteiger partial charge < -0.3 is 10.2 Å². The number of carbonyl (C=O) groups is 1. The third-order valence-corrected chi connectivity index (χ3v) is 5.16. The van der Waals surface area contributed by atoms with Gasteiger partial charge in [-0.2, -0.15) is 0 Å². The van der Waals surface area contributed by atoms with Crippen molar-refractivity contribution in [3.63, 3.8) is 0 Å². The van der Waals surface area contributed by atoms with Gasteiger partial charge in [-0.15, -0.1) is 0 Å². The molecule has 0 spiro atoms. The Morgan fingerprint density at radius 2 is 2.00 bits per heavy atom. The maximum Gasteiger partial charge on any atom is 0.244 e. The molecule has 1 N–H and O–H groups in total. The Morgan fingerprint density at radius 1 is 1.26 bits per heavy atom. The molecule has 3 rings (SSSR count). The number of amides is 1.